The van der Waals surface area contributed by atoms with Crippen LogP contribution in [-0.2, 0) is 19.1 Å². The first kappa shape index (κ1) is 18.3. The Morgan fingerprint density at radius 2 is 1.75 bits per heavy atom. The van der Waals surface area contributed by atoms with Gasteiger partial charge in [0.1, 0.15) is 12.1 Å². The predicted molar refractivity (Wildman–Crippen MR) is 103 cm³/mol. The maximum Gasteiger partial charge on any atom is 0.416 e. The van der Waals surface area contributed by atoms with Gasteiger partial charge in [0.05, 0.1) is 17.8 Å². The lowest BCUT2D eigenvalue weighted by atomic mass is 10.0. The van der Waals surface area contributed by atoms with E-state index in [2.05, 4.69) is 39.2 Å². The molecule has 2 heterocycles. The van der Waals surface area contributed by atoms with Gasteiger partial charge in [-0.3, -0.25) is 0 Å². The standard InChI is InChI=1S/C21H19F3N4/c1-14-4-2-3-5-19(14)28-11-10-17-18(12-28)25-13-26-20(17)27-16-8-6-15(7-9-16)21(22,23)24/h2-9,13H,10-12H2,1H3,(H,25,26,27). The van der Waals surface area contributed by atoms with Crippen LogP contribution in [0, 0.1) is 6.92 Å². The summed E-state index contributed by atoms with van der Waals surface area (Å²) in [4.78, 5) is 11.0. The lowest BCUT2D eigenvalue weighted by Gasteiger charge is -2.31. The van der Waals surface area contributed by atoms with E-state index in [-0.39, 0.29) is 0 Å². The normalized spacial score (nSPS) is 13.9. The summed E-state index contributed by atoms with van der Waals surface area (Å²) in [7, 11) is 0. The fourth-order valence-corrected chi connectivity index (χ4v) is 3.47. The van der Waals surface area contributed by atoms with Crippen LogP contribution >= 0.6 is 0 Å². The van der Waals surface area contributed by atoms with E-state index in [1.54, 1.807) is 0 Å². The molecule has 3 aromatic rings. The van der Waals surface area contributed by atoms with Crippen LogP contribution in [0.2, 0.25) is 0 Å². The third kappa shape index (κ3) is 3.65. The number of aryl methyl sites for hydroxylation is 1. The number of alkyl halides is 3. The Morgan fingerprint density at radius 1 is 1.00 bits per heavy atom. The fourth-order valence-electron chi connectivity index (χ4n) is 3.47. The second-order valence-corrected chi connectivity index (χ2v) is 6.81. The van der Waals surface area contributed by atoms with Gasteiger partial charge in [0.15, 0.2) is 0 Å². The number of rotatable bonds is 3. The molecule has 0 aliphatic carbocycles. The number of fused-ring (bicyclic) bond motifs is 1. The Hall–Kier alpha value is -3.09. The molecule has 0 atom stereocenters. The second kappa shape index (κ2) is 7.14. The highest BCUT2D eigenvalue weighted by Crippen LogP contribution is 2.32. The van der Waals surface area contributed by atoms with Crippen LogP contribution in [0.4, 0.5) is 30.4 Å². The van der Waals surface area contributed by atoms with Crippen LogP contribution in [0.25, 0.3) is 0 Å². The van der Waals surface area contributed by atoms with Crippen molar-refractivity contribution in [2.45, 2.75) is 26.1 Å². The molecule has 0 unspecified atom stereocenters. The number of halogens is 3. The number of benzene rings is 2. The van der Waals surface area contributed by atoms with Gasteiger partial charge < -0.3 is 10.2 Å². The van der Waals surface area contributed by atoms with Gasteiger partial charge in [-0.1, -0.05) is 18.2 Å². The minimum atomic E-state index is -4.34. The van der Waals surface area contributed by atoms with Crippen molar-refractivity contribution in [1.29, 1.82) is 0 Å². The summed E-state index contributed by atoms with van der Waals surface area (Å²) in [5.74, 6) is 0.647. The van der Waals surface area contributed by atoms with Gasteiger partial charge in [-0.25, -0.2) is 9.97 Å². The van der Waals surface area contributed by atoms with Crippen molar-refractivity contribution < 1.29 is 13.2 Å². The van der Waals surface area contributed by atoms with Gasteiger partial charge in [0.2, 0.25) is 0 Å². The van der Waals surface area contributed by atoms with Crippen molar-refractivity contribution in [3.05, 3.63) is 77.2 Å². The Kier molecular flexibility index (Phi) is 4.66. The van der Waals surface area contributed by atoms with Crippen molar-refractivity contribution in [3.63, 3.8) is 0 Å². The smallest absolute Gasteiger partial charge is 0.365 e. The minimum absolute atomic E-state index is 0.565. The molecular weight excluding hydrogens is 365 g/mol. The SMILES string of the molecule is Cc1ccccc1N1CCc2c(ncnc2Nc2ccc(C(F)(F)F)cc2)C1. The number of anilines is 3. The van der Waals surface area contributed by atoms with E-state index in [0.29, 0.717) is 18.1 Å². The molecule has 0 amide bonds. The van der Waals surface area contributed by atoms with Gasteiger partial charge in [-0.2, -0.15) is 13.2 Å². The fraction of sp³-hybridized carbons (Fsp3) is 0.238. The van der Waals surface area contributed by atoms with E-state index in [4.69, 9.17) is 0 Å². The Morgan fingerprint density at radius 3 is 2.46 bits per heavy atom. The molecule has 28 heavy (non-hydrogen) atoms. The zero-order valence-electron chi connectivity index (χ0n) is 15.3. The van der Waals surface area contributed by atoms with Crippen LogP contribution in [0.15, 0.2) is 54.9 Å². The molecule has 2 aromatic carbocycles. The molecule has 7 heteroatoms. The summed E-state index contributed by atoms with van der Waals surface area (Å²) in [6.45, 7) is 3.58. The number of nitrogens with one attached hydrogen (secondary N) is 1. The van der Waals surface area contributed by atoms with Crippen molar-refractivity contribution in [3.8, 4) is 0 Å². The lowest BCUT2D eigenvalue weighted by molar-refractivity contribution is -0.137. The van der Waals surface area contributed by atoms with Crippen LogP contribution in [0.1, 0.15) is 22.4 Å². The lowest BCUT2D eigenvalue weighted by Crippen LogP contribution is -2.32. The summed E-state index contributed by atoms with van der Waals surface area (Å²) in [6, 6.07) is 13.2. The molecule has 0 fully saturated rings. The topological polar surface area (TPSA) is 41.1 Å². The van der Waals surface area contributed by atoms with Crippen LogP contribution in [0.5, 0.6) is 0 Å². The second-order valence-electron chi connectivity index (χ2n) is 6.81. The largest absolute Gasteiger partial charge is 0.416 e. The summed E-state index contributed by atoms with van der Waals surface area (Å²) in [6.07, 6.45) is -2.09. The molecule has 4 nitrogen and oxygen atoms in total. The number of aromatic nitrogens is 2. The average Bonchev–Trinajstić information content (AvgIpc) is 2.68. The highest BCUT2D eigenvalue weighted by molar-refractivity contribution is 5.62. The van der Waals surface area contributed by atoms with E-state index in [0.717, 1.165) is 36.4 Å². The summed E-state index contributed by atoms with van der Waals surface area (Å²) >= 11 is 0. The molecule has 1 aromatic heterocycles. The maximum atomic E-state index is 12.7. The molecule has 4 rings (SSSR count). The van der Waals surface area contributed by atoms with Crippen molar-refractivity contribution in [1.82, 2.24) is 9.97 Å². The van der Waals surface area contributed by atoms with E-state index in [1.165, 1.54) is 29.7 Å². The van der Waals surface area contributed by atoms with Crippen LogP contribution in [-0.4, -0.2) is 16.5 Å². The Labute approximate surface area is 161 Å². The average molecular weight is 384 g/mol. The van der Waals surface area contributed by atoms with E-state index in [9.17, 15) is 13.2 Å². The molecule has 1 aliphatic rings. The molecule has 1 N–H and O–H groups in total. The van der Waals surface area contributed by atoms with E-state index in [1.807, 2.05) is 12.1 Å². The van der Waals surface area contributed by atoms with Crippen LogP contribution in [0.3, 0.4) is 0 Å². The molecule has 0 radical (unpaired) electrons. The quantitative estimate of drug-likeness (QED) is 0.681. The molecule has 0 bridgehead atoms. The molecule has 1 aliphatic heterocycles. The third-order valence-electron chi connectivity index (χ3n) is 4.94. The van der Waals surface area contributed by atoms with Gasteiger partial charge in [-0.05, 0) is 49.2 Å². The maximum absolute atomic E-state index is 12.7. The third-order valence-corrected chi connectivity index (χ3v) is 4.94. The highest BCUT2D eigenvalue weighted by Gasteiger charge is 2.30. The molecule has 0 saturated carbocycles. The van der Waals surface area contributed by atoms with E-state index < -0.39 is 11.7 Å². The number of nitrogens with zero attached hydrogens (tertiary/aromatic N) is 3. The summed E-state index contributed by atoms with van der Waals surface area (Å²) in [5, 5.41) is 3.14. The van der Waals surface area contributed by atoms with Gasteiger partial charge >= 0.3 is 6.18 Å². The van der Waals surface area contributed by atoms with Crippen LogP contribution < -0.4 is 10.2 Å². The highest BCUT2D eigenvalue weighted by atomic mass is 19.4. The van der Waals surface area contributed by atoms with Gasteiger partial charge in [0, 0.05) is 23.5 Å². The number of para-hydroxylation sites is 1. The number of hydrogen-bond acceptors (Lipinski definition) is 4. The Bertz CT molecular complexity index is 984. The van der Waals surface area contributed by atoms with Crippen molar-refractivity contribution in [2.75, 3.05) is 16.8 Å². The predicted octanol–water partition coefficient (Wildman–Crippen LogP) is 5.11. The molecular formula is C21H19F3N4. The minimum Gasteiger partial charge on any atom is -0.365 e. The zero-order chi connectivity index (χ0) is 19.7. The molecule has 0 saturated heterocycles. The van der Waals surface area contributed by atoms with Gasteiger partial charge in [-0.15, -0.1) is 0 Å². The van der Waals surface area contributed by atoms with Crippen molar-refractivity contribution >= 4 is 17.2 Å². The Balaban J connectivity index is 1.56. The van der Waals surface area contributed by atoms with E-state index >= 15 is 0 Å². The molecule has 0 spiro atoms. The first-order valence-corrected chi connectivity index (χ1v) is 8.99. The zero-order valence-corrected chi connectivity index (χ0v) is 15.3. The monoisotopic (exact) mass is 384 g/mol. The first-order valence-electron chi connectivity index (χ1n) is 8.99. The van der Waals surface area contributed by atoms with Crippen molar-refractivity contribution in [2.24, 2.45) is 0 Å². The number of hydrogen-bond donors (Lipinski definition) is 1. The summed E-state index contributed by atoms with van der Waals surface area (Å²) < 4.78 is 38.2. The first-order chi connectivity index (χ1) is 13.4. The van der Waals surface area contributed by atoms with Gasteiger partial charge in [0.25, 0.3) is 0 Å². The summed E-state index contributed by atoms with van der Waals surface area (Å²) in [5.41, 5.74) is 4.23. The molecule has 144 valence electrons.